The number of carboxylic acid groups (broad SMARTS) is 1. The molecule has 5 fully saturated rings. The molecule has 4 aliphatic heterocycles. The van der Waals surface area contributed by atoms with E-state index in [4.69, 9.17) is 42.1 Å². The van der Waals surface area contributed by atoms with Crippen molar-refractivity contribution < 1.29 is 57.2 Å². The summed E-state index contributed by atoms with van der Waals surface area (Å²) in [6, 6.07) is 27.5. The third kappa shape index (κ3) is 11.1. The molecule has 5 aliphatic rings. The van der Waals surface area contributed by atoms with Gasteiger partial charge in [0, 0.05) is 34.9 Å². The number of hydrogen-bond acceptors (Lipinski definition) is 10. The lowest BCUT2D eigenvalue weighted by molar-refractivity contribution is -0.904. The van der Waals surface area contributed by atoms with Crippen LogP contribution in [-0.2, 0) is 22.6 Å². The van der Waals surface area contributed by atoms with Crippen LogP contribution < -0.4 is 29.4 Å². The molecule has 4 saturated heterocycles. The number of nitrogens with one attached hydrogen (secondary N) is 1. The fourth-order valence-corrected chi connectivity index (χ4v) is 10.9. The predicted octanol–water partition coefficient (Wildman–Crippen LogP) is 8.54. The van der Waals surface area contributed by atoms with Gasteiger partial charge in [0.1, 0.15) is 28.5 Å². The Balaban J connectivity index is 0.983. The standard InChI is InChI=1S/C53H54Cl2F2N4O9/c54-43-28-60(66)29-44(55)41(43)27-42(37-16-17-45(69-51(56)57)46(26-37)68-31-33-14-15-33)53(50(63)64)20-4-5-21-61(53)49(62)39-12-6-8-34(24-39)32-67-40-13-7-11-38(25-40)48(36-9-2-1-3-10-36)58-52(65)70-47-30-59-22-18-35(47)19-23-59/h1-3,6-13,16-17,24-26,28-29,33,35,42,47-48,51H,4-5,14-15,18-23,27,30-32H2,(H2-,58,63,64,65,66)/t42-,47-,48-,53-/m0/s1. The quantitative estimate of drug-likeness (QED) is 0.0645. The number of carboxylic acids is 1. The molecule has 17 heteroatoms. The number of rotatable bonds is 18. The summed E-state index contributed by atoms with van der Waals surface area (Å²) < 4.78 is 51.1. The molecule has 2 bridgehead atoms. The average molecular weight is 1000 g/mol. The molecule has 0 spiro atoms. The lowest BCUT2D eigenvalue weighted by atomic mass is 9.70. The number of alkyl carbamates (subject to hydrolysis) is 1. The van der Waals surface area contributed by atoms with Crippen molar-refractivity contribution in [3.63, 3.8) is 0 Å². The highest BCUT2D eigenvalue weighted by Gasteiger charge is 2.50. The highest BCUT2D eigenvalue weighted by atomic mass is 35.5. The third-order valence-corrected chi connectivity index (χ3v) is 14.8. The van der Waals surface area contributed by atoms with Gasteiger partial charge in [-0.25, -0.2) is 4.79 Å². The Labute approximate surface area is 414 Å². The van der Waals surface area contributed by atoms with Crippen LogP contribution in [0.4, 0.5) is 13.6 Å². The van der Waals surface area contributed by atoms with Crippen LogP contribution in [0.2, 0.25) is 10.0 Å². The van der Waals surface area contributed by atoms with Crippen molar-refractivity contribution in [3.05, 3.63) is 153 Å². The Bertz CT molecular complexity index is 2670. The van der Waals surface area contributed by atoms with Crippen molar-refractivity contribution >= 4 is 41.2 Å². The number of ether oxygens (including phenoxy) is 4. The van der Waals surface area contributed by atoms with Gasteiger partial charge >= 0.3 is 12.7 Å². The first-order chi connectivity index (χ1) is 33.8. The van der Waals surface area contributed by atoms with Crippen molar-refractivity contribution in [3.8, 4) is 17.2 Å². The summed E-state index contributed by atoms with van der Waals surface area (Å²) in [5, 5.41) is 27.4. The van der Waals surface area contributed by atoms with Gasteiger partial charge < -0.3 is 39.1 Å². The maximum atomic E-state index is 15.0. The number of aliphatic carboxylic acids is 1. The summed E-state index contributed by atoms with van der Waals surface area (Å²) >= 11 is 13.3. The summed E-state index contributed by atoms with van der Waals surface area (Å²) in [5.41, 5.74) is 1.02. The summed E-state index contributed by atoms with van der Waals surface area (Å²) in [6.45, 7) is -0.0351. The number of fused-ring (bicyclic) bond motifs is 3. The predicted molar refractivity (Wildman–Crippen MR) is 252 cm³/mol. The molecule has 1 aromatic heterocycles. The van der Waals surface area contributed by atoms with E-state index in [1.807, 2.05) is 48.5 Å². The van der Waals surface area contributed by atoms with Crippen LogP contribution >= 0.6 is 23.2 Å². The number of carbonyl (C=O) groups excluding carboxylic acids is 3. The fraction of sp³-hybridized carbons (Fsp3) is 0.396. The molecule has 5 aromatic rings. The minimum absolute atomic E-state index is 0.0115. The molecule has 5 heterocycles. The molecule has 2 N–H and O–H groups in total. The van der Waals surface area contributed by atoms with Gasteiger partial charge in [-0.2, -0.15) is 8.78 Å². The van der Waals surface area contributed by atoms with Crippen LogP contribution in [0.1, 0.15) is 95.1 Å². The molecule has 4 aromatic carbocycles. The van der Waals surface area contributed by atoms with Gasteiger partial charge in [0.05, 0.1) is 24.2 Å². The van der Waals surface area contributed by atoms with Gasteiger partial charge in [-0.3, -0.25) is 14.9 Å². The minimum Gasteiger partial charge on any atom is -0.548 e. The smallest absolute Gasteiger partial charge is 0.408 e. The van der Waals surface area contributed by atoms with Crippen LogP contribution in [0.15, 0.2) is 109 Å². The van der Waals surface area contributed by atoms with E-state index in [0.29, 0.717) is 40.4 Å². The number of amides is 2. The number of hydrogen-bond donors (Lipinski definition) is 2. The second kappa shape index (κ2) is 21.5. The zero-order chi connectivity index (χ0) is 48.9. The van der Waals surface area contributed by atoms with Crippen molar-refractivity contribution in [1.29, 1.82) is 0 Å². The van der Waals surface area contributed by atoms with Crippen molar-refractivity contribution in [1.82, 2.24) is 15.1 Å². The van der Waals surface area contributed by atoms with Gasteiger partial charge in [0.2, 0.25) is 12.4 Å². The monoisotopic (exact) mass is 998 g/mol. The molecule has 13 nitrogen and oxygen atoms in total. The number of nitrogens with zero attached hydrogens (tertiary/aromatic N) is 3. The molecular formula is C53H54Cl2F2N4O9. The van der Waals surface area contributed by atoms with Gasteiger partial charge in [0.25, 0.3) is 5.91 Å². The van der Waals surface area contributed by atoms with E-state index < -0.39 is 42.1 Å². The molecule has 4 atom stereocenters. The number of alkyl halides is 2. The van der Waals surface area contributed by atoms with E-state index in [1.165, 1.54) is 35.5 Å². The van der Waals surface area contributed by atoms with Crippen LogP contribution in [0.25, 0.3) is 0 Å². The largest absolute Gasteiger partial charge is 0.548 e. The van der Waals surface area contributed by atoms with Gasteiger partial charge in [0.15, 0.2) is 11.5 Å². The lowest BCUT2D eigenvalue weighted by Crippen LogP contribution is -2.66. The first-order valence-electron chi connectivity index (χ1n) is 23.7. The molecule has 1 aliphatic carbocycles. The van der Waals surface area contributed by atoms with Gasteiger partial charge in [-0.05, 0) is 135 Å². The van der Waals surface area contributed by atoms with Crippen molar-refractivity contribution in [2.75, 3.05) is 32.8 Å². The SMILES string of the molecule is O=C(N[C@@H](c1ccccc1)c1cccc(OCc2cccc(C(=O)N3CCCC[C@@]3(C(=O)[O-])[C@@H](Cc3c(Cl)c[n+](O)cc3Cl)c3ccc(OC(F)F)c(OCC4CC4)c3)c2)c1)O[C@H]1CN2CCC1CC2. The second-order valence-electron chi connectivity index (χ2n) is 18.7. The van der Waals surface area contributed by atoms with Crippen LogP contribution in [0, 0.1) is 11.8 Å². The van der Waals surface area contributed by atoms with Crippen molar-refractivity contribution in [2.45, 2.75) is 88.2 Å². The zero-order valence-electron chi connectivity index (χ0n) is 38.3. The first kappa shape index (κ1) is 48.8. The maximum absolute atomic E-state index is 15.0. The third-order valence-electron chi connectivity index (χ3n) is 14.1. The first-order valence-corrected chi connectivity index (χ1v) is 24.5. The number of carbonyl (C=O) groups is 3. The number of piperidine rings is 4. The van der Waals surface area contributed by atoms with E-state index in [0.717, 1.165) is 56.4 Å². The van der Waals surface area contributed by atoms with Gasteiger partial charge in [-0.1, -0.05) is 83.9 Å². The zero-order valence-corrected chi connectivity index (χ0v) is 39.8. The Hall–Kier alpha value is -6.16. The van der Waals surface area contributed by atoms with Crippen molar-refractivity contribution in [2.24, 2.45) is 11.8 Å². The summed E-state index contributed by atoms with van der Waals surface area (Å²) in [7, 11) is 0. The molecule has 2 amide bonds. The van der Waals surface area contributed by atoms with E-state index in [9.17, 15) is 33.5 Å². The summed E-state index contributed by atoms with van der Waals surface area (Å²) in [5.74, 6) is -2.39. The Morgan fingerprint density at radius 1 is 0.829 bits per heavy atom. The average Bonchev–Trinajstić information content (AvgIpc) is 4.20. The van der Waals surface area contributed by atoms with E-state index in [-0.39, 0.29) is 77.3 Å². The highest BCUT2D eigenvalue weighted by molar-refractivity contribution is 6.35. The number of halogens is 4. The highest BCUT2D eigenvalue weighted by Crippen LogP contribution is 2.47. The Morgan fingerprint density at radius 2 is 1.57 bits per heavy atom. The number of pyridine rings is 1. The van der Waals surface area contributed by atoms with E-state index >= 15 is 0 Å². The van der Waals surface area contributed by atoms with Crippen LogP contribution in [0.5, 0.6) is 17.2 Å². The Morgan fingerprint density at radius 3 is 2.27 bits per heavy atom. The molecule has 0 unspecified atom stereocenters. The number of aromatic nitrogens is 1. The molecule has 10 rings (SSSR count). The topological polar surface area (TPSA) is 154 Å². The second-order valence-corrected chi connectivity index (χ2v) is 19.5. The Kier molecular flexibility index (Phi) is 15.0. The molecule has 368 valence electrons. The molecule has 70 heavy (non-hydrogen) atoms. The number of likely N-dealkylation sites (tertiary alicyclic amines) is 1. The summed E-state index contributed by atoms with van der Waals surface area (Å²) in [6.07, 6.45) is 6.32. The lowest BCUT2D eigenvalue weighted by Gasteiger charge is -2.52. The minimum atomic E-state index is -3.16. The summed E-state index contributed by atoms with van der Waals surface area (Å²) in [4.78, 5) is 46.1. The van der Waals surface area contributed by atoms with Crippen LogP contribution in [-0.4, -0.2) is 84.0 Å². The molecule has 1 saturated carbocycles. The van der Waals surface area contributed by atoms with Crippen LogP contribution in [0.3, 0.4) is 0 Å². The molecular weight excluding hydrogens is 946 g/mol. The number of benzene rings is 4. The van der Waals surface area contributed by atoms with E-state index in [1.54, 1.807) is 30.3 Å². The maximum Gasteiger partial charge on any atom is 0.408 e. The normalized spacial score (nSPS) is 21.7. The van der Waals surface area contributed by atoms with Gasteiger partial charge in [-0.15, -0.1) is 0 Å². The fourth-order valence-electron chi connectivity index (χ4n) is 10.3. The molecule has 0 radical (unpaired) electrons. The van der Waals surface area contributed by atoms with E-state index in [2.05, 4.69) is 10.2 Å².